The van der Waals surface area contributed by atoms with Crippen molar-refractivity contribution in [2.75, 3.05) is 33.9 Å². The maximum Gasteiger partial charge on any atom is 0.241 e. The Balaban J connectivity index is 0.00000392. The second-order valence-corrected chi connectivity index (χ2v) is 9.62. The summed E-state index contributed by atoms with van der Waals surface area (Å²) >= 11 is 0. The molecular formula is C19H33IN4O3S. The summed E-state index contributed by atoms with van der Waals surface area (Å²) in [4.78, 5) is 6.67. The van der Waals surface area contributed by atoms with E-state index in [1.165, 1.54) is 0 Å². The van der Waals surface area contributed by atoms with Crippen molar-refractivity contribution in [1.29, 1.82) is 0 Å². The number of benzene rings is 1. The molecule has 1 saturated heterocycles. The van der Waals surface area contributed by atoms with Crippen molar-refractivity contribution in [3.63, 3.8) is 0 Å². The molecule has 0 spiro atoms. The van der Waals surface area contributed by atoms with Gasteiger partial charge in [-0.05, 0) is 38.8 Å². The van der Waals surface area contributed by atoms with E-state index in [0.717, 1.165) is 32.1 Å². The lowest BCUT2D eigenvalue weighted by molar-refractivity contribution is 0.181. The van der Waals surface area contributed by atoms with Crippen molar-refractivity contribution in [2.45, 2.75) is 44.2 Å². The smallest absolute Gasteiger partial charge is 0.241 e. The molecule has 9 heteroatoms. The van der Waals surface area contributed by atoms with Crippen molar-refractivity contribution >= 4 is 40.0 Å². The van der Waals surface area contributed by atoms with E-state index < -0.39 is 15.6 Å². The fourth-order valence-corrected chi connectivity index (χ4v) is 4.79. The Kier molecular flexibility index (Phi) is 9.65. The Hall–Kier alpha value is -0.910. The minimum atomic E-state index is -3.60. The average Bonchev–Trinajstić information content (AvgIpc) is 3.06. The third-order valence-electron chi connectivity index (χ3n) is 4.27. The molecule has 1 aromatic rings. The van der Waals surface area contributed by atoms with Crippen LogP contribution in [0.4, 0.5) is 0 Å². The van der Waals surface area contributed by atoms with Gasteiger partial charge in [0.2, 0.25) is 10.0 Å². The summed E-state index contributed by atoms with van der Waals surface area (Å²) in [5, 5.41) is 3.28. The summed E-state index contributed by atoms with van der Waals surface area (Å²) in [5.74, 6) is 1.23. The van der Waals surface area contributed by atoms with Crippen molar-refractivity contribution in [1.82, 2.24) is 14.9 Å². The normalized spacial score (nSPS) is 17.9. The van der Waals surface area contributed by atoms with Crippen LogP contribution in [0, 0.1) is 5.92 Å². The molecule has 0 bridgehead atoms. The molecule has 0 amide bonds. The molecule has 2 rings (SSSR count). The van der Waals surface area contributed by atoms with Crippen molar-refractivity contribution in [3.8, 4) is 0 Å². The van der Waals surface area contributed by atoms with E-state index in [-0.39, 0.29) is 28.9 Å². The number of ether oxygens (including phenoxy) is 1. The number of hydrogen-bond acceptors (Lipinski definition) is 4. The number of hydrogen-bond donors (Lipinski definition) is 2. The topological polar surface area (TPSA) is 83.0 Å². The molecule has 1 unspecified atom stereocenters. The highest BCUT2D eigenvalue weighted by Crippen LogP contribution is 2.18. The Morgan fingerprint density at radius 1 is 1.32 bits per heavy atom. The van der Waals surface area contributed by atoms with Crippen LogP contribution in [0.1, 0.15) is 32.8 Å². The maximum atomic E-state index is 12.8. The van der Waals surface area contributed by atoms with Gasteiger partial charge in [-0.15, -0.1) is 24.0 Å². The molecule has 1 atom stereocenters. The van der Waals surface area contributed by atoms with Crippen molar-refractivity contribution < 1.29 is 13.2 Å². The van der Waals surface area contributed by atoms with E-state index >= 15 is 0 Å². The zero-order valence-electron chi connectivity index (χ0n) is 17.4. The third kappa shape index (κ3) is 7.49. The predicted molar refractivity (Wildman–Crippen MR) is 124 cm³/mol. The molecule has 0 aliphatic carbocycles. The lowest BCUT2D eigenvalue weighted by Gasteiger charge is -2.25. The lowest BCUT2D eigenvalue weighted by atomic mass is 10.1. The van der Waals surface area contributed by atoms with Crippen LogP contribution in [0.15, 0.2) is 34.2 Å². The summed E-state index contributed by atoms with van der Waals surface area (Å²) in [6.07, 6.45) is 1.06. The SMILES string of the molecule is CN=C(NCc1ccccc1S(=O)(=O)NC(C)(C)C)N(C)CC1CCOC1.I. The molecule has 0 aromatic heterocycles. The first-order valence-electron chi connectivity index (χ1n) is 9.24. The second-order valence-electron chi connectivity index (χ2n) is 7.97. The fraction of sp³-hybridized carbons (Fsp3) is 0.632. The van der Waals surface area contributed by atoms with Crippen molar-refractivity contribution in [2.24, 2.45) is 10.9 Å². The Labute approximate surface area is 186 Å². The molecule has 2 N–H and O–H groups in total. The van der Waals surface area contributed by atoms with Crippen LogP contribution in [0.2, 0.25) is 0 Å². The van der Waals surface area contributed by atoms with Gasteiger partial charge in [0.25, 0.3) is 0 Å². The standard InChI is InChI=1S/C19H32N4O3S.HI/c1-19(2,3)22-27(24,25)17-9-7-6-8-16(17)12-21-18(20-4)23(5)13-15-10-11-26-14-15;/h6-9,15,22H,10-14H2,1-5H3,(H,20,21);1H. The van der Waals surface area contributed by atoms with Gasteiger partial charge in [-0.2, -0.15) is 0 Å². The minimum absolute atomic E-state index is 0. The van der Waals surface area contributed by atoms with Gasteiger partial charge in [-0.3, -0.25) is 4.99 Å². The molecule has 0 saturated carbocycles. The van der Waals surface area contributed by atoms with E-state index in [0.29, 0.717) is 18.0 Å². The summed E-state index contributed by atoms with van der Waals surface area (Å²) in [6.45, 7) is 8.31. The average molecular weight is 524 g/mol. The molecule has 0 radical (unpaired) electrons. The number of aliphatic imine (C=N–C) groups is 1. The number of guanidine groups is 1. The Bertz CT molecular complexity index is 757. The monoisotopic (exact) mass is 524 g/mol. The highest BCUT2D eigenvalue weighted by molar-refractivity contribution is 14.0. The molecule has 160 valence electrons. The highest BCUT2D eigenvalue weighted by atomic mass is 127. The number of sulfonamides is 1. The van der Waals surface area contributed by atoms with Gasteiger partial charge in [-0.25, -0.2) is 13.1 Å². The fourth-order valence-electron chi connectivity index (χ4n) is 3.13. The van der Waals surface area contributed by atoms with Crippen LogP contribution < -0.4 is 10.0 Å². The van der Waals surface area contributed by atoms with Gasteiger partial charge in [0.15, 0.2) is 5.96 Å². The molecule has 28 heavy (non-hydrogen) atoms. The first kappa shape index (κ1) is 25.1. The van der Waals surface area contributed by atoms with E-state index in [9.17, 15) is 8.42 Å². The number of rotatable bonds is 6. The molecule has 1 aliphatic heterocycles. The molecule has 7 nitrogen and oxygen atoms in total. The van der Waals surface area contributed by atoms with E-state index in [1.54, 1.807) is 19.2 Å². The van der Waals surface area contributed by atoms with Gasteiger partial charge in [-0.1, -0.05) is 18.2 Å². The van der Waals surface area contributed by atoms with Crippen LogP contribution in [0.3, 0.4) is 0 Å². The Morgan fingerprint density at radius 3 is 2.57 bits per heavy atom. The van der Waals surface area contributed by atoms with Crippen molar-refractivity contribution in [3.05, 3.63) is 29.8 Å². The van der Waals surface area contributed by atoms with Crippen LogP contribution in [-0.2, 0) is 21.3 Å². The molecule has 1 fully saturated rings. The van der Waals surface area contributed by atoms with E-state index in [1.807, 2.05) is 40.0 Å². The first-order valence-corrected chi connectivity index (χ1v) is 10.7. The van der Waals surface area contributed by atoms with Gasteiger partial charge in [0.1, 0.15) is 0 Å². The van der Waals surface area contributed by atoms with Gasteiger partial charge >= 0.3 is 0 Å². The zero-order chi connectivity index (χ0) is 20.1. The van der Waals surface area contributed by atoms with E-state index in [2.05, 4.69) is 19.9 Å². The summed E-state index contributed by atoms with van der Waals surface area (Å²) in [7, 11) is 0.111. The predicted octanol–water partition coefficient (Wildman–Crippen LogP) is 2.43. The van der Waals surface area contributed by atoms with E-state index in [4.69, 9.17) is 4.74 Å². The number of nitrogens with zero attached hydrogens (tertiary/aromatic N) is 2. The summed E-state index contributed by atoms with van der Waals surface area (Å²) in [6, 6.07) is 7.03. The van der Waals surface area contributed by atoms with Crippen LogP contribution in [0.25, 0.3) is 0 Å². The largest absolute Gasteiger partial charge is 0.381 e. The zero-order valence-corrected chi connectivity index (χ0v) is 20.5. The molecule has 1 aromatic carbocycles. The van der Waals surface area contributed by atoms with Crippen LogP contribution in [0.5, 0.6) is 0 Å². The lowest BCUT2D eigenvalue weighted by Crippen LogP contribution is -2.42. The molecule has 1 heterocycles. The van der Waals surface area contributed by atoms with Gasteiger partial charge in [0.05, 0.1) is 11.5 Å². The van der Waals surface area contributed by atoms with Gasteiger partial charge in [0, 0.05) is 45.2 Å². The highest BCUT2D eigenvalue weighted by Gasteiger charge is 2.24. The molecule has 1 aliphatic rings. The van der Waals surface area contributed by atoms with Gasteiger partial charge < -0.3 is 15.0 Å². The third-order valence-corrected chi connectivity index (χ3v) is 6.13. The summed E-state index contributed by atoms with van der Waals surface area (Å²) in [5.41, 5.74) is 0.159. The summed E-state index contributed by atoms with van der Waals surface area (Å²) < 4.78 is 33.7. The quantitative estimate of drug-likeness (QED) is 0.340. The minimum Gasteiger partial charge on any atom is -0.381 e. The molecular weight excluding hydrogens is 491 g/mol. The second kappa shape index (κ2) is 10.7. The van der Waals surface area contributed by atoms with Crippen LogP contribution >= 0.6 is 24.0 Å². The Morgan fingerprint density at radius 2 is 2.00 bits per heavy atom. The number of halogens is 1. The first-order chi connectivity index (χ1) is 12.6. The number of nitrogens with one attached hydrogen (secondary N) is 2. The maximum absolute atomic E-state index is 12.8. The van der Waals surface area contributed by atoms with Crippen LogP contribution in [-0.4, -0.2) is 58.7 Å².